The van der Waals surface area contributed by atoms with Crippen molar-refractivity contribution in [1.29, 1.82) is 0 Å². The van der Waals surface area contributed by atoms with Gasteiger partial charge in [0.25, 0.3) is 0 Å². The summed E-state index contributed by atoms with van der Waals surface area (Å²) in [5.41, 5.74) is 6.97. The van der Waals surface area contributed by atoms with Crippen LogP contribution in [0, 0.1) is 28.6 Å². The van der Waals surface area contributed by atoms with Gasteiger partial charge in [-0.15, -0.1) is 5.92 Å². The molecule has 2 aliphatic rings. The van der Waals surface area contributed by atoms with E-state index in [1.165, 1.54) is 19.3 Å². The Kier molecular flexibility index (Phi) is 2.16. The van der Waals surface area contributed by atoms with Crippen LogP contribution in [0.5, 0.6) is 0 Å². The molecule has 2 unspecified atom stereocenters. The maximum absolute atomic E-state index is 6.12. The molecule has 0 saturated heterocycles. The fourth-order valence-electron chi connectivity index (χ4n) is 2.30. The van der Waals surface area contributed by atoms with Crippen molar-refractivity contribution in [2.24, 2.45) is 22.5 Å². The molecule has 14 heavy (non-hydrogen) atoms. The molecule has 0 heterocycles. The Morgan fingerprint density at radius 1 is 1.43 bits per heavy atom. The topological polar surface area (TPSA) is 26.0 Å². The smallest absolute Gasteiger partial charge is 0.0244 e. The molecule has 0 aromatic heterocycles. The summed E-state index contributed by atoms with van der Waals surface area (Å²) in [5.74, 6) is 7.29. The van der Waals surface area contributed by atoms with Gasteiger partial charge in [-0.25, -0.2) is 0 Å². The van der Waals surface area contributed by atoms with Gasteiger partial charge in [0.1, 0.15) is 0 Å². The van der Waals surface area contributed by atoms with Crippen LogP contribution in [-0.2, 0) is 0 Å². The van der Waals surface area contributed by atoms with E-state index in [2.05, 4.69) is 32.6 Å². The van der Waals surface area contributed by atoms with Gasteiger partial charge in [-0.1, -0.05) is 5.92 Å². The maximum Gasteiger partial charge on any atom is 0.0244 e. The van der Waals surface area contributed by atoms with Crippen LogP contribution in [0.25, 0.3) is 0 Å². The van der Waals surface area contributed by atoms with Crippen LogP contribution in [0.1, 0.15) is 46.5 Å². The first-order chi connectivity index (χ1) is 6.43. The van der Waals surface area contributed by atoms with Crippen molar-refractivity contribution < 1.29 is 0 Å². The SMILES string of the molecule is CC(C)(C)C#CCC(N)C1CC12CC2. The van der Waals surface area contributed by atoms with Crippen LogP contribution < -0.4 is 5.73 Å². The third kappa shape index (κ3) is 2.12. The molecule has 0 bridgehead atoms. The zero-order valence-electron chi connectivity index (χ0n) is 9.56. The van der Waals surface area contributed by atoms with Gasteiger partial charge in [0.15, 0.2) is 0 Å². The molecule has 1 spiro atoms. The van der Waals surface area contributed by atoms with Crippen molar-refractivity contribution in [3.05, 3.63) is 0 Å². The normalized spacial score (nSPS) is 29.3. The van der Waals surface area contributed by atoms with E-state index >= 15 is 0 Å². The lowest BCUT2D eigenvalue weighted by Crippen LogP contribution is -2.23. The van der Waals surface area contributed by atoms with Gasteiger partial charge in [-0.05, 0) is 51.4 Å². The largest absolute Gasteiger partial charge is 0.327 e. The monoisotopic (exact) mass is 191 g/mol. The second kappa shape index (κ2) is 3.00. The molecule has 1 heteroatoms. The zero-order chi connectivity index (χ0) is 10.4. The van der Waals surface area contributed by atoms with E-state index in [0.717, 1.165) is 17.8 Å². The van der Waals surface area contributed by atoms with Gasteiger partial charge in [0, 0.05) is 17.9 Å². The van der Waals surface area contributed by atoms with E-state index in [1.54, 1.807) is 0 Å². The molecule has 2 atom stereocenters. The van der Waals surface area contributed by atoms with Crippen molar-refractivity contribution in [3.63, 3.8) is 0 Å². The van der Waals surface area contributed by atoms with Gasteiger partial charge in [-0.3, -0.25) is 0 Å². The van der Waals surface area contributed by atoms with Crippen molar-refractivity contribution in [2.45, 2.75) is 52.5 Å². The molecule has 2 rings (SSSR count). The van der Waals surface area contributed by atoms with E-state index in [4.69, 9.17) is 5.73 Å². The fourth-order valence-corrected chi connectivity index (χ4v) is 2.30. The Morgan fingerprint density at radius 3 is 2.50 bits per heavy atom. The van der Waals surface area contributed by atoms with Gasteiger partial charge in [-0.2, -0.15) is 0 Å². The average molecular weight is 191 g/mol. The molecule has 2 fully saturated rings. The van der Waals surface area contributed by atoms with E-state index < -0.39 is 0 Å². The van der Waals surface area contributed by atoms with Crippen molar-refractivity contribution in [3.8, 4) is 11.8 Å². The number of hydrogen-bond acceptors (Lipinski definition) is 1. The second-order valence-electron chi connectivity index (χ2n) is 6.09. The first-order valence-electron chi connectivity index (χ1n) is 5.69. The molecule has 1 nitrogen and oxygen atoms in total. The average Bonchev–Trinajstić information content (AvgIpc) is 2.90. The Labute approximate surface area is 87.4 Å². The van der Waals surface area contributed by atoms with E-state index in [0.29, 0.717) is 6.04 Å². The molecule has 0 aromatic rings. The first kappa shape index (κ1) is 10.1. The highest BCUT2D eigenvalue weighted by Crippen LogP contribution is 2.71. The lowest BCUT2D eigenvalue weighted by atomic mass is 9.97. The Balaban J connectivity index is 1.77. The van der Waals surface area contributed by atoms with Crippen LogP contribution in [-0.4, -0.2) is 6.04 Å². The molecule has 2 saturated carbocycles. The van der Waals surface area contributed by atoms with E-state index in [1.807, 2.05) is 0 Å². The Hall–Kier alpha value is -0.480. The maximum atomic E-state index is 6.12. The summed E-state index contributed by atoms with van der Waals surface area (Å²) in [5, 5.41) is 0. The third-order valence-corrected chi connectivity index (χ3v) is 3.46. The van der Waals surface area contributed by atoms with Crippen LogP contribution in [0.2, 0.25) is 0 Å². The molecule has 0 aromatic carbocycles. The van der Waals surface area contributed by atoms with Crippen LogP contribution in [0.3, 0.4) is 0 Å². The summed E-state index contributed by atoms with van der Waals surface area (Å²) in [6.07, 6.45) is 5.13. The van der Waals surface area contributed by atoms with Gasteiger partial charge >= 0.3 is 0 Å². The standard InChI is InChI=1S/C13H21N/c1-12(2,3)6-4-5-11(14)10-9-13(10)7-8-13/h10-11H,5,7-9,14H2,1-3H3. The number of rotatable bonds is 2. The molecule has 78 valence electrons. The zero-order valence-corrected chi connectivity index (χ0v) is 9.56. The lowest BCUT2D eigenvalue weighted by Gasteiger charge is -2.09. The highest BCUT2D eigenvalue weighted by atomic mass is 14.8. The van der Waals surface area contributed by atoms with Gasteiger partial charge in [0.05, 0.1) is 0 Å². The third-order valence-electron chi connectivity index (χ3n) is 3.46. The van der Waals surface area contributed by atoms with Gasteiger partial charge in [0.2, 0.25) is 0 Å². The molecule has 0 aliphatic heterocycles. The molecule has 0 radical (unpaired) electrons. The minimum atomic E-state index is 0.126. The van der Waals surface area contributed by atoms with Gasteiger partial charge < -0.3 is 5.73 Å². The van der Waals surface area contributed by atoms with E-state index in [9.17, 15) is 0 Å². The van der Waals surface area contributed by atoms with Crippen molar-refractivity contribution >= 4 is 0 Å². The summed E-state index contributed by atoms with van der Waals surface area (Å²) in [6, 6.07) is 0.340. The quantitative estimate of drug-likeness (QED) is 0.667. The highest BCUT2D eigenvalue weighted by Gasteiger charge is 2.64. The molecule has 2 aliphatic carbocycles. The lowest BCUT2D eigenvalue weighted by molar-refractivity contribution is 0.548. The summed E-state index contributed by atoms with van der Waals surface area (Å²) in [4.78, 5) is 0. The number of nitrogens with two attached hydrogens (primary N) is 1. The summed E-state index contributed by atoms with van der Waals surface area (Å²) < 4.78 is 0. The predicted octanol–water partition coefficient (Wildman–Crippen LogP) is 2.55. The summed E-state index contributed by atoms with van der Waals surface area (Å²) >= 11 is 0. The minimum Gasteiger partial charge on any atom is -0.327 e. The molecule has 0 amide bonds. The second-order valence-corrected chi connectivity index (χ2v) is 6.09. The van der Waals surface area contributed by atoms with Crippen molar-refractivity contribution in [1.82, 2.24) is 0 Å². The highest BCUT2D eigenvalue weighted by molar-refractivity contribution is 5.18. The summed E-state index contributed by atoms with van der Waals surface area (Å²) in [6.45, 7) is 6.43. The summed E-state index contributed by atoms with van der Waals surface area (Å²) in [7, 11) is 0. The minimum absolute atomic E-state index is 0.126. The van der Waals surface area contributed by atoms with E-state index in [-0.39, 0.29) is 5.41 Å². The Bertz CT molecular complexity index is 283. The van der Waals surface area contributed by atoms with Crippen molar-refractivity contribution in [2.75, 3.05) is 0 Å². The molecule has 2 N–H and O–H groups in total. The van der Waals surface area contributed by atoms with Crippen LogP contribution in [0.15, 0.2) is 0 Å². The Morgan fingerprint density at radius 2 is 2.07 bits per heavy atom. The fraction of sp³-hybridized carbons (Fsp3) is 0.846. The van der Waals surface area contributed by atoms with Crippen LogP contribution in [0.4, 0.5) is 0 Å². The molecular formula is C13H21N. The predicted molar refractivity (Wildman–Crippen MR) is 59.6 cm³/mol. The number of hydrogen-bond donors (Lipinski definition) is 1. The van der Waals surface area contributed by atoms with Crippen LogP contribution >= 0.6 is 0 Å². The molecular weight excluding hydrogens is 170 g/mol. The first-order valence-corrected chi connectivity index (χ1v) is 5.69.